The van der Waals surface area contributed by atoms with Gasteiger partial charge in [-0.3, -0.25) is 9.79 Å². The molecule has 0 saturated carbocycles. The molecule has 1 aliphatic rings. The van der Waals surface area contributed by atoms with Crippen LogP contribution in [0, 0.1) is 5.92 Å². The van der Waals surface area contributed by atoms with Crippen molar-refractivity contribution in [2.24, 2.45) is 16.6 Å². The first-order valence-electron chi connectivity index (χ1n) is 9.73. The van der Waals surface area contributed by atoms with Gasteiger partial charge in [0.05, 0.1) is 0 Å². The molecule has 1 aromatic rings. The second kappa shape index (κ2) is 13.6. The first-order valence-corrected chi connectivity index (χ1v) is 9.73. The van der Waals surface area contributed by atoms with E-state index < -0.39 is 5.91 Å². The lowest BCUT2D eigenvalue weighted by Gasteiger charge is -2.30. The van der Waals surface area contributed by atoms with Gasteiger partial charge in [0, 0.05) is 20.1 Å². The molecule has 0 atom stereocenters. The average molecular weight is 503 g/mol. The number of aliphatic imine (C=N–C) groups is 1. The molecule has 0 bridgehead atoms. The molecule has 2 rings (SSSR count). The van der Waals surface area contributed by atoms with Crippen molar-refractivity contribution < 1.29 is 9.53 Å². The van der Waals surface area contributed by atoms with Gasteiger partial charge in [-0.2, -0.15) is 0 Å². The van der Waals surface area contributed by atoms with Crippen molar-refractivity contribution in [3.8, 4) is 5.75 Å². The van der Waals surface area contributed by atoms with Crippen molar-refractivity contribution in [1.82, 2.24) is 15.5 Å². The van der Waals surface area contributed by atoms with Gasteiger partial charge in [-0.25, -0.2) is 0 Å². The van der Waals surface area contributed by atoms with Gasteiger partial charge in [-0.05, 0) is 62.5 Å². The van der Waals surface area contributed by atoms with Crippen molar-refractivity contribution in [3.63, 3.8) is 0 Å². The summed E-state index contributed by atoms with van der Waals surface area (Å²) < 4.78 is 5.33. The Kier molecular flexibility index (Phi) is 11.9. The van der Waals surface area contributed by atoms with Crippen LogP contribution in [0.2, 0.25) is 0 Å². The third kappa shape index (κ3) is 9.59. The predicted molar refractivity (Wildman–Crippen MR) is 124 cm³/mol. The molecule has 1 heterocycles. The summed E-state index contributed by atoms with van der Waals surface area (Å²) in [6, 6.07) is 7.58. The Balaban J connectivity index is 0.00000392. The topological polar surface area (TPSA) is 92.0 Å². The minimum absolute atomic E-state index is 0. The third-order valence-electron chi connectivity index (χ3n) is 4.78. The number of nitrogens with one attached hydrogen (secondary N) is 2. The van der Waals surface area contributed by atoms with Crippen molar-refractivity contribution in [3.05, 3.63) is 29.8 Å². The van der Waals surface area contributed by atoms with E-state index in [4.69, 9.17) is 10.5 Å². The van der Waals surface area contributed by atoms with Gasteiger partial charge in [-0.1, -0.05) is 19.1 Å². The highest BCUT2D eigenvalue weighted by Gasteiger charge is 2.14. The Morgan fingerprint density at radius 3 is 2.75 bits per heavy atom. The SMILES string of the molecule is CN=C(NCCCN1CCC(C)CC1)NCc1cccc(OCC(N)=O)c1.I. The maximum atomic E-state index is 10.8. The molecule has 0 aromatic heterocycles. The molecule has 7 nitrogen and oxygen atoms in total. The first-order chi connectivity index (χ1) is 13.1. The molecule has 0 radical (unpaired) electrons. The summed E-state index contributed by atoms with van der Waals surface area (Å²) in [4.78, 5) is 17.6. The van der Waals surface area contributed by atoms with Crippen LogP contribution in [0.15, 0.2) is 29.3 Å². The lowest BCUT2D eigenvalue weighted by molar-refractivity contribution is -0.119. The number of nitrogens with two attached hydrogens (primary N) is 1. The molecule has 0 spiro atoms. The van der Waals surface area contributed by atoms with Crippen molar-refractivity contribution in [2.75, 3.05) is 39.8 Å². The Hall–Kier alpha value is -1.55. The van der Waals surface area contributed by atoms with E-state index in [9.17, 15) is 4.79 Å². The molecule has 1 saturated heterocycles. The number of hydrogen-bond acceptors (Lipinski definition) is 4. The number of carbonyl (C=O) groups is 1. The summed E-state index contributed by atoms with van der Waals surface area (Å²) in [6.45, 7) is 7.33. The van der Waals surface area contributed by atoms with Gasteiger partial charge < -0.3 is 26.0 Å². The maximum absolute atomic E-state index is 10.8. The number of benzene rings is 1. The smallest absolute Gasteiger partial charge is 0.255 e. The second-order valence-electron chi connectivity index (χ2n) is 7.13. The average Bonchev–Trinajstić information content (AvgIpc) is 2.67. The number of carbonyl (C=O) groups excluding carboxylic acids is 1. The highest BCUT2D eigenvalue weighted by Crippen LogP contribution is 2.15. The Morgan fingerprint density at radius 1 is 1.32 bits per heavy atom. The highest BCUT2D eigenvalue weighted by molar-refractivity contribution is 14.0. The van der Waals surface area contributed by atoms with Crippen LogP contribution in [0.25, 0.3) is 0 Å². The molecule has 8 heteroatoms. The van der Waals surface area contributed by atoms with Crippen LogP contribution in [0.1, 0.15) is 31.7 Å². The quantitative estimate of drug-likeness (QED) is 0.208. The number of ether oxygens (including phenoxy) is 1. The summed E-state index contributed by atoms with van der Waals surface area (Å²) in [5.74, 6) is 1.81. The molecule has 1 aromatic carbocycles. The Labute approximate surface area is 185 Å². The summed E-state index contributed by atoms with van der Waals surface area (Å²) in [5.41, 5.74) is 6.15. The zero-order valence-electron chi connectivity index (χ0n) is 16.9. The third-order valence-corrected chi connectivity index (χ3v) is 4.78. The fourth-order valence-electron chi connectivity index (χ4n) is 3.10. The fourth-order valence-corrected chi connectivity index (χ4v) is 3.10. The van der Waals surface area contributed by atoms with E-state index in [1.54, 1.807) is 13.1 Å². The standard InChI is InChI=1S/C20H33N5O2.HI/c1-16-7-11-25(12-8-16)10-4-9-23-20(22-2)24-14-17-5-3-6-18(13-17)27-15-19(21)26;/h3,5-6,13,16H,4,7-12,14-15H2,1-2H3,(H2,21,26)(H2,22,23,24);1H. The number of piperidine rings is 1. The predicted octanol–water partition coefficient (Wildman–Crippen LogP) is 1.96. The molecule has 1 amide bonds. The van der Waals surface area contributed by atoms with E-state index >= 15 is 0 Å². The lowest BCUT2D eigenvalue weighted by Crippen LogP contribution is -2.39. The summed E-state index contributed by atoms with van der Waals surface area (Å²) in [7, 11) is 1.77. The van der Waals surface area contributed by atoms with Crippen molar-refractivity contribution >= 4 is 35.8 Å². The maximum Gasteiger partial charge on any atom is 0.255 e. The summed E-state index contributed by atoms with van der Waals surface area (Å²) in [5, 5.41) is 6.66. The van der Waals surface area contributed by atoms with Gasteiger partial charge >= 0.3 is 0 Å². The number of guanidine groups is 1. The largest absolute Gasteiger partial charge is 0.484 e. The first kappa shape index (κ1) is 24.5. The van der Waals surface area contributed by atoms with E-state index in [0.717, 1.165) is 37.0 Å². The molecule has 1 fully saturated rings. The van der Waals surface area contributed by atoms with Crippen LogP contribution in [0.5, 0.6) is 5.75 Å². The number of likely N-dealkylation sites (tertiary alicyclic amines) is 1. The fraction of sp³-hybridized carbons (Fsp3) is 0.600. The zero-order valence-corrected chi connectivity index (χ0v) is 19.3. The van der Waals surface area contributed by atoms with E-state index in [2.05, 4.69) is 27.4 Å². The van der Waals surface area contributed by atoms with Gasteiger partial charge in [0.2, 0.25) is 0 Å². The van der Waals surface area contributed by atoms with Gasteiger partial charge in [-0.15, -0.1) is 24.0 Å². The number of halogens is 1. The minimum atomic E-state index is -0.484. The van der Waals surface area contributed by atoms with Crippen LogP contribution < -0.4 is 21.1 Å². The van der Waals surface area contributed by atoms with E-state index in [-0.39, 0.29) is 30.6 Å². The summed E-state index contributed by atoms with van der Waals surface area (Å²) in [6.07, 6.45) is 3.74. The van der Waals surface area contributed by atoms with Gasteiger partial charge in [0.15, 0.2) is 12.6 Å². The van der Waals surface area contributed by atoms with E-state index in [0.29, 0.717) is 12.3 Å². The molecule has 0 unspecified atom stereocenters. The van der Waals surface area contributed by atoms with Crippen LogP contribution in [0.4, 0.5) is 0 Å². The molecular formula is C20H34IN5O2. The molecule has 158 valence electrons. The lowest BCUT2D eigenvalue weighted by atomic mass is 9.99. The Morgan fingerprint density at radius 2 is 2.07 bits per heavy atom. The molecular weight excluding hydrogens is 469 g/mol. The highest BCUT2D eigenvalue weighted by atomic mass is 127. The van der Waals surface area contributed by atoms with Gasteiger partial charge in [0.25, 0.3) is 5.91 Å². The van der Waals surface area contributed by atoms with Crippen molar-refractivity contribution in [1.29, 1.82) is 0 Å². The Bertz CT molecular complexity index is 618. The molecule has 1 aliphatic heterocycles. The number of primary amides is 1. The van der Waals surface area contributed by atoms with E-state index in [1.807, 2.05) is 18.2 Å². The minimum Gasteiger partial charge on any atom is -0.484 e. The van der Waals surface area contributed by atoms with Crippen LogP contribution in [-0.4, -0.2) is 56.6 Å². The zero-order chi connectivity index (χ0) is 19.5. The normalized spacial score (nSPS) is 15.6. The number of hydrogen-bond donors (Lipinski definition) is 3. The molecule has 28 heavy (non-hydrogen) atoms. The van der Waals surface area contributed by atoms with Crippen LogP contribution >= 0.6 is 24.0 Å². The van der Waals surface area contributed by atoms with Crippen molar-refractivity contribution in [2.45, 2.75) is 32.7 Å². The summed E-state index contributed by atoms with van der Waals surface area (Å²) >= 11 is 0. The second-order valence-corrected chi connectivity index (χ2v) is 7.13. The number of nitrogens with zero attached hydrogens (tertiary/aromatic N) is 2. The van der Waals surface area contributed by atoms with E-state index in [1.165, 1.54) is 25.9 Å². The molecule has 4 N–H and O–H groups in total. The monoisotopic (exact) mass is 503 g/mol. The molecule has 0 aliphatic carbocycles. The van der Waals surface area contributed by atoms with Crippen LogP contribution in [0.3, 0.4) is 0 Å². The number of amides is 1. The van der Waals surface area contributed by atoms with Crippen LogP contribution in [-0.2, 0) is 11.3 Å². The number of rotatable bonds is 9. The van der Waals surface area contributed by atoms with Gasteiger partial charge in [0.1, 0.15) is 5.75 Å².